The molecule has 0 radical (unpaired) electrons. The maximum atomic E-state index is 10.3. The summed E-state index contributed by atoms with van der Waals surface area (Å²) in [5.41, 5.74) is 0. The van der Waals surface area contributed by atoms with Crippen molar-refractivity contribution in [3.8, 4) is 11.8 Å². The number of rotatable bonds is 10. The highest BCUT2D eigenvalue weighted by Gasteiger charge is 1.96. The second-order valence-electron chi connectivity index (χ2n) is 4.50. The molecule has 0 amide bonds. The van der Waals surface area contributed by atoms with Crippen molar-refractivity contribution in [2.75, 3.05) is 0 Å². The second-order valence-corrected chi connectivity index (χ2v) is 4.50. The molecule has 2 nitrogen and oxygen atoms in total. The van der Waals surface area contributed by atoms with Crippen molar-refractivity contribution in [2.24, 2.45) is 0 Å². The molecule has 0 aliphatic heterocycles. The van der Waals surface area contributed by atoms with E-state index in [-0.39, 0.29) is 0 Å². The molecular weight excluding hydrogens is 224 g/mol. The van der Waals surface area contributed by atoms with Gasteiger partial charge in [0.1, 0.15) is 0 Å². The van der Waals surface area contributed by atoms with Crippen LogP contribution >= 0.6 is 0 Å². The highest BCUT2D eigenvalue weighted by molar-refractivity contribution is 5.66. The summed E-state index contributed by atoms with van der Waals surface area (Å²) in [4.78, 5) is 10.3. The Hall–Kier alpha value is -1.23. The van der Waals surface area contributed by atoms with Crippen LogP contribution in [0.25, 0.3) is 0 Å². The SMILES string of the molecule is CCC=CC#CCCCCCCCCCC(=O)O. The molecule has 0 unspecified atom stereocenters. The van der Waals surface area contributed by atoms with Crippen molar-refractivity contribution in [3.63, 3.8) is 0 Å². The van der Waals surface area contributed by atoms with E-state index in [1.54, 1.807) is 0 Å². The molecule has 0 saturated carbocycles. The standard InChI is InChI=1S/C16H26O2/c1-2-3-4-5-6-7-8-9-10-11-12-13-14-15-16(17)18/h3-4H,2,7-15H2,1H3,(H,17,18). The van der Waals surface area contributed by atoms with Crippen LogP contribution in [0.4, 0.5) is 0 Å². The minimum absolute atomic E-state index is 0.320. The fourth-order valence-electron chi connectivity index (χ4n) is 1.68. The van der Waals surface area contributed by atoms with Gasteiger partial charge in [0.05, 0.1) is 0 Å². The molecule has 0 spiro atoms. The third-order valence-corrected chi connectivity index (χ3v) is 2.73. The van der Waals surface area contributed by atoms with E-state index in [2.05, 4.69) is 24.8 Å². The summed E-state index contributed by atoms with van der Waals surface area (Å²) in [7, 11) is 0. The molecule has 0 bridgehead atoms. The molecule has 0 fully saturated rings. The van der Waals surface area contributed by atoms with E-state index >= 15 is 0 Å². The number of hydrogen-bond acceptors (Lipinski definition) is 1. The maximum absolute atomic E-state index is 10.3. The maximum Gasteiger partial charge on any atom is 0.303 e. The Balaban J connectivity index is 3.13. The van der Waals surface area contributed by atoms with Crippen molar-refractivity contribution in [3.05, 3.63) is 12.2 Å². The molecule has 0 rings (SSSR count). The molecule has 2 heteroatoms. The summed E-state index contributed by atoms with van der Waals surface area (Å²) >= 11 is 0. The average Bonchev–Trinajstić information content (AvgIpc) is 2.34. The van der Waals surface area contributed by atoms with Crippen LogP contribution in [-0.2, 0) is 4.79 Å². The lowest BCUT2D eigenvalue weighted by atomic mass is 10.1. The van der Waals surface area contributed by atoms with Gasteiger partial charge in [0.25, 0.3) is 0 Å². The summed E-state index contributed by atoms with van der Waals surface area (Å²) in [5.74, 6) is 5.50. The van der Waals surface area contributed by atoms with E-state index in [9.17, 15) is 4.79 Å². The van der Waals surface area contributed by atoms with Gasteiger partial charge in [-0.3, -0.25) is 4.79 Å². The first-order valence-corrected chi connectivity index (χ1v) is 7.12. The van der Waals surface area contributed by atoms with Crippen LogP contribution < -0.4 is 0 Å². The lowest BCUT2D eigenvalue weighted by Gasteiger charge is -1.99. The summed E-state index contributed by atoms with van der Waals surface area (Å²) in [6.45, 7) is 2.11. The number of unbranched alkanes of at least 4 members (excludes halogenated alkanes) is 7. The van der Waals surface area contributed by atoms with Gasteiger partial charge in [-0.25, -0.2) is 0 Å². The Kier molecular flexibility index (Phi) is 12.9. The van der Waals surface area contributed by atoms with Crippen molar-refractivity contribution >= 4 is 5.97 Å². The van der Waals surface area contributed by atoms with Crippen LogP contribution in [0, 0.1) is 11.8 Å². The molecular formula is C16H26O2. The zero-order chi connectivity index (χ0) is 13.5. The van der Waals surface area contributed by atoms with Crippen molar-refractivity contribution in [2.45, 2.75) is 71.1 Å². The predicted molar refractivity (Wildman–Crippen MR) is 76.4 cm³/mol. The highest BCUT2D eigenvalue weighted by Crippen LogP contribution is 2.09. The van der Waals surface area contributed by atoms with E-state index in [0.29, 0.717) is 6.42 Å². The van der Waals surface area contributed by atoms with Gasteiger partial charge < -0.3 is 5.11 Å². The van der Waals surface area contributed by atoms with E-state index in [4.69, 9.17) is 5.11 Å². The lowest BCUT2D eigenvalue weighted by Crippen LogP contribution is -1.93. The fourth-order valence-corrected chi connectivity index (χ4v) is 1.68. The number of hydrogen-bond donors (Lipinski definition) is 1. The molecule has 0 aromatic carbocycles. The number of carboxylic acid groups (broad SMARTS) is 1. The summed E-state index contributed by atoms with van der Waals surface area (Å²) in [6.07, 6.45) is 14.3. The number of carbonyl (C=O) groups is 1. The van der Waals surface area contributed by atoms with Crippen molar-refractivity contribution in [1.29, 1.82) is 0 Å². The molecule has 102 valence electrons. The van der Waals surface area contributed by atoms with Crippen LogP contribution in [0.3, 0.4) is 0 Å². The first-order chi connectivity index (χ1) is 8.77. The molecule has 0 heterocycles. The number of carboxylic acids is 1. The van der Waals surface area contributed by atoms with Crippen LogP contribution in [0.1, 0.15) is 71.1 Å². The van der Waals surface area contributed by atoms with E-state index in [1.165, 1.54) is 25.7 Å². The zero-order valence-corrected chi connectivity index (χ0v) is 11.6. The molecule has 0 aliphatic rings. The topological polar surface area (TPSA) is 37.3 Å². The Labute approximate surface area is 111 Å². The van der Waals surface area contributed by atoms with E-state index in [1.807, 2.05) is 6.08 Å². The Morgan fingerprint density at radius 3 is 2.28 bits per heavy atom. The average molecular weight is 250 g/mol. The van der Waals surface area contributed by atoms with E-state index in [0.717, 1.165) is 32.1 Å². The monoisotopic (exact) mass is 250 g/mol. The third kappa shape index (κ3) is 14.8. The lowest BCUT2D eigenvalue weighted by molar-refractivity contribution is -0.137. The van der Waals surface area contributed by atoms with Gasteiger partial charge in [-0.1, -0.05) is 56.9 Å². The minimum atomic E-state index is -0.675. The van der Waals surface area contributed by atoms with Gasteiger partial charge >= 0.3 is 5.97 Å². The van der Waals surface area contributed by atoms with Gasteiger partial charge in [-0.15, -0.1) is 0 Å². The molecule has 1 N–H and O–H groups in total. The summed E-state index contributed by atoms with van der Waals surface area (Å²) < 4.78 is 0. The Morgan fingerprint density at radius 1 is 1.06 bits per heavy atom. The van der Waals surface area contributed by atoms with Crippen molar-refractivity contribution in [1.82, 2.24) is 0 Å². The molecule has 0 atom stereocenters. The highest BCUT2D eigenvalue weighted by atomic mass is 16.4. The number of aliphatic carboxylic acids is 1. The van der Waals surface area contributed by atoms with Gasteiger partial charge in [0, 0.05) is 12.8 Å². The predicted octanol–water partition coefficient (Wildman–Crippen LogP) is 4.55. The molecule has 0 aromatic rings. The third-order valence-electron chi connectivity index (χ3n) is 2.73. The second kappa shape index (κ2) is 13.8. The van der Waals surface area contributed by atoms with E-state index < -0.39 is 5.97 Å². The largest absolute Gasteiger partial charge is 0.481 e. The van der Waals surface area contributed by atoms with Crippen LogP contribution in [0.5, 0.6) is 0 Å². The summed E-state index contributed by atoms with van der Waals surface area (Å²) in [5, 5.41) is 8.47. The molecule has 18 heavy (non-hydrogen) atoms. The van der Waals surface area contributed by atoms with Crippen LogP contribution in [-0.4, -0.2) is 11.1 Å². The Bertz CT molecular complexity index is 281. The normalized spacial score (nSPS) is 10.3. The quantitative estimate of drug-likeness (QED) is 0.456. The molecule has 0 saturated heterocycles. The van der Waals surface area contributed by atoms with Gasteiger partial charge in [0.15, 0.2) is 0 Å². The van der Waals surface area contributed by atoms with Gasteiger partial charge in [-0.2, -0.15) is 0 Å². The van der Waals surface area contributed by atoms with Gasteiger partial charge in [-0.05, 0) is 25.3 Å². The first kappa shape index (κ1) is 16.8. The van der Waals surface area contributed by atoms with Gasteiger partial charge in [0.2, 0.25) is 0 Å². The first-order valence-electron chi connectivity index (χ1n) is 7.12. The minimum Gasteiger partial charge on any atom is -0.481 e. The number of allylic oxidation sites excluding steroid dienone is 2. The molecule has 0 aromatic heterocycles. The smallest absolute Gasteiger partial charge is 0.303 e. The van der Waals surface area contributed by atoms with Crippen molar-refractivity contribution < 1.29 is 9.90 Å². The zero-order valence-electron chi connectivity index (χ0n) is 11.6. The summed E-state index contributed by atoms with van der Waals surface area (Å²) in [6, 6.07) is 0. The Morgan fingerprint density at radius 2 is 1.67 bits per heavy atom. The fraction of sp³-hybridized carbons (Fsp3) is 0.688. The molecule has 0 aliphatic carbocycles. The van der Waals surface area contributed by atoms with Crippen LogP contribution in [0.15, 0.2) is 12.2 Å². The van der Waals surface area contributed by atoms with Crippen LogP contribution in [0.2, 0.25) is 0 Å².